The molecule has 0 atom stereocenters. The van der Waals surface area contributed by atoms with Crippen molar-refractivity contribution in [3.8, 4) is 79.1 Å². The summed E-state index contributed by atoms with van der Waals surface area (Å²) in [5.41, 5.74) is 12.3. The third-order valence-corrected chi connectivity index (χ3v) is 11.1. The molecule has 0 saturated heterocycles. The first kappa shape index (κ1) is 35.0. The summed E-state index contributed by atoms with van der Waals surface area (Å²) in [6, 6.07) is 73.1. The van der Waals surface area contributed by atoms with Crippen LogP contribution in [0.4, 0.5) is 0 Å². The maximum Gasteiger partial charge on any atom is 0.161 e. The maximum absolute atomic E-state index is 5.42. The van der Waals surface area contributed by atoms with Gasteiger partial charge in [0.2, 0.25) is 0 Å². The molecule has 280 valence electrons. The molecule has 0 aliphatic carbocycles. The van der Waals surface area contributed by atoms with E-state index >= 15 is 0 Å². The Bertz CT molecular complexity index is 3220. The number of hydrogen-bond donors (Lipinski definition) is 0. The molecule has 0 spiro atoms. The highest BCUT2D eigenvalue weighted by Gasteiger charge is 2.19. The molecule has 0 aliphatic heterocycles. The normalized spacial score (nSPS) is 11.3. The second-order valence-electron chi connectivity index (χ2n) is 14.8. The van der Waals surface area contributed by atoms with Gasteiger partial charge in [0.1, 0.15) is 0 Å². The van der Waals surface area contributed by atoms with Crippen LogP contribution in [0.2, 0.25) is 0 Å². The van der Waals surface area contributed by atoms with Gasteiger partial charge < -0.3 is 0 Å². The van der Waals surface area contributed by atoms with Crippen molar-refractivity contribution in [3.05, 3.63) is 212 Å². The Morgan fingerprint density at radius 2 is 0.683 bits per heavy atom. The van der Waals surface area contributed by atoms with Gasteiger partial charge in [-0.1, -0.05) is 194 Å². The zero-order valence-electron chi connectivity index (χ0n) is 32.4. The molecule has 0 aliphatic rings. The first-order chi connectivity index (χ1) is 29.7. The van der Waals surface area contributed by atoms with Crippen LogP contribution in [-0.2, 0) is 0 Å². The van der Waals surface area contributed by atoms with E-state index < -0.39 is 0 Å². The van der Waals surface area contributed by atoms with Gasteiger partial charge >= 0.3 is 0 Å². The van der Waals surface area contributed by atoms with Crippen molar-refractivity contribution in [2.75, 3.05) is 0 Å². The summed E-state index contributed by atoms with van der Waals surface area (Å²) < 4.78 is 0. The fourth-order valence-corrected chi connectivity index (χ4v) is 8.18. The molecule has 5 heteroatoms. The van der Waals surface area contributed by atoms with Gasteiger partial charge in [-0.05, 0) is 29.0 Å². The van der Waals surface area contributed by atoms with E-state index in [1.165, 1.54) is 0 Å². The molecular formula is C55H35N5. The SMILES string of the molecule is c1ccc(-c2cc(-c3ccccc3)nc(-c3ccc4c(c3)nc(-c3ccccc3)c3ccc5c(-c6nc(-c7ccccc7)cc(-c7ccccc7)n6)cccc5c34)n2)cc1. The highest BCUT2D eigenvalue weighted by molar-refractivity contribution is 6.24. The van der Waals surface area contributed by atoms with Crippen LogP contribution in [0.25, 0.3) is 112 Å². The number of hydrogen-bond acceptors (Lipinski definition) is 5. The molecule has 3 heterocycles. The summed E-state index contributed by atoms with van der Waals surface area (Å²) in [7, 11) is 0. The molecule has 11 aromatic rings. The van der Waals surface area contributed by atoms with Gasteiger partial charge in [0, 0.05) is 55.1 Å². The molecule has 60 heavy (non-hydrogen) atoms. The molecule has 0 saturated carbocycles. The van der Waals surface area contributed by atoms with E-state index in [2.05, 4.69) is 133 Å². The van der Waals surface area contributed by atoms with E-state index in [4.69, 9.17) is 24.9 Å². The topological polar surface area (TPSA) is 64.5 Å². The fourth-order valence-electron chi connectivity index (χ4n) is 8.18. The molecule has 0 fully saturated rings. The van der Waals surface area contributed by atoms with Gasteiger partial charge in [0.15, 0.2) is 11.6 Å². The van der Waals surface area contributed by atoms with Crippen LogP contribution in [0.5, 0.6) is 0 Å². The Morgan fingerprint density at radius 1 is 0.250 bits per heavy atom. The smallest absolute Gasteiger partial charge is 0.161 e. The van der Waals surface area contributed by atoms with Crippen molar-refractivity contribution in [2.24, 2.45) is 0 Å². The second-order valence-corrected chi connectivity index (χ2v) is 14.8. The molecule has 5 nitrogen and oxygen atoms in total. The van der Waals surface area contributed by atoms with Gasteiger partial charge in [0.05, 0.1) is 34.0 Å². The van der Waals surface area contributed by atoms with Crippen LogP contribution in [0.3, 0.4) is 0 Å². The minimum Gasteiger partial charge on any atom is -0.247 e. The quantitative estimate of drug-likeness (QED) is 0.151. The third kappa shape index (κ3) is 6.45. The van der Waals surface area contributed by atoms with E-state index in [1.54, 1.807) is 0 Å². The Balaban J connectivity index is 1.15. The van der Waals surface area contributed by atoms with Crippen molar-refractivity contribution in [2.45, 2.75) is 0 Å². The van der Waals surface area contributed by atoms with Crippen LogP contribution in [0.15, 0.2) is 212 Å². The minimum atomic E-state index is 0.644. The molecule has 3 aromatic heterocycles. The lowest BCUT2D eigenvalue weighted by Crippen LogP contribution is -1.98. The predicted molar refractivity (Wildman–Crippen MR) is 246 cm³/mol. The van der Waals surface area contributed by atoms with Crippen molar-refractivity contribution in [1.29, 1.82) is 0 Å². The minimum absolute atomic E-state index is 0.644. The van der Waals surface area contributed by atoms with E-state index in [0.29, 0.717) is 11.6 Å². The molecule has 0 N–H and O–H groups in total. The number of nitrogens with zero attached hydrogens (tertiary/aromatic N) is 5. The Labute approximate surface area is 347 Å². The molecule has 8 aromatic carbocycles. The summed E-state index contributed by atoms with van der Waals surface area (Å²) in [6.07, 6.45) is 0. The molecule has 0 radical (unpaired) electrons. The highest BCUT2D eigenvalue weighted by atomic mass is 14.9. The van der Waals surface area contributed by atoms with E-state index in [1.807, 2.05) is 78.9 Å². The predicted octanol–water partition coefficient (Wildman–Crippen LogP) is 13.8. The number of aromatic nitrogens is 5. The Hall–Kier alpha value is -8.15. The van der Waals surface area contributed by atoms with Crippen LogP contribution >= 0.6 is 0 Å². The zero-order chi connectivity index (χ0) is 39.8. The fraction of sp³-hybridized carbons (Fsp3) is 0. The monoisotopic (exact) mass is 765 g/mol. The summed E-state index contributed by atoms with van der Waals surface area (Å²) in [6.45, 7) is 0. The molecule has 0 unspecified atom stereocenters. The number of benzene rings is 8. The summed E-state index contributed by atoms with van der Waals surface area (Å²) in [5.74, 6) is 1.32. The Morgan fingerprint density at radius 3 is 1.18 bits per heavy atom. The first-order valence-corrected chi connectivity index (χ1v) is 20.1. The largest absolute Gasteiger partial charge is 0.247 e. The summed E-state index contributed by atoms with van der Waals surface area (Å²) in [5, 5.41) is 5.41. The number of rotatable bonds is 7. The Kier molecular flexibility index (Phi) is 8.75. The summed E-state index contributed by atoms with van der Waals surface area (Å²) >= 11 is 0. The van der Waals surface area contributed by atoms with Crippen LogP contribution < -0.4 is 0 Å². The standard InChI is InChI=1S/C55H35N5/c1-6-17-36(18-7-1)47-34-48(37-19-8-2-9-20-37)58-54(57-47)41-29-30-45-51(33-41)56-53(40-25-14-5-15-26-40)46-32-31-42-43(52(45)46)27-16-28-44(42)55-59-49(38-21-10-3-11-22-38)35-50(60-55)39-23-12-4-13-24-39/h1-35H. The second kappa shape index (κ2) is 15.0. The van der Waals surface area contributed by atoms with Crippen LogP contribution in [-0.4, -0.2) is 24.9 Å². The van der Waals surface area contributed by atoms with Gasteiger partial charge in [-0.25, -0.2) is 24.9 Å². The van der Waals surface area contributed by atoms with Crippen molar-refractivity contribution in [1.82, 2.24) is 24.9 Å². The van der Waals surface area contributed by atoms with Crippen LogP contribution in [0.1, 0.15) is 0 Å². The molecule has 0 bridgehead atoms. The van der Waals surface area contributed by atoms with Gasteiger partial charge in [-0.3, -0.25) is 0 Å². The molecule has 11 rings (SSSR count). The molecule has 0 amide bonds. The number of fused-ring (bicyclic) bond motifs is 5. The van der Waals surface area contributed by atoms with Gasteiger partial charge in [0.25, 0.3) is 0 Å². The van der Waals surface area contributed by atoms with Crippen molar-refractivity contribution in [3.63, 3.8) is 0 Å². The van der Waals surface area contributed by atoms with E-state index in [9.17, 15) is 0 Å². The third-order valence-electron chi connectivity index (χ3n) is 11.1. The van der Waals surface area contributed by atoms with Gasteiger partial charge in [-0.2, -0.15) is 0 Å². The lowest BCUT2D eigenvalue weighted by molar-refractivity contribution is 1.18. The van der Waals surface area contributed by atoms with Crippen LogP contribution in [0, 0.1) is 0 Å². The first-order valence-electron chi connectivity index (χ1n) is 20.1. The van der Waals surface area contributed by atoms with Crippen molar-refractivity contribution < 1.29 is 0 Å². The lowest BCUT2D eigenvalue weighted by atomic mass is 9.92. The molecular weight excluding hydrogens is 731 g/mol. The van der Waals surface area contributed by atoms with E-state index in [-0.39, 0.29) is 0 Å². The maximum atomic E-state index is 5.42. The van der Waals surface area contributed by atoms with Gasteiger partial charge in [-0.15, -0.1) is 0 Å². The zero-order valence-corrected chi connectivity index (χ0v) is 32.4. The van der Waals surface area contributed by atoms with E-state index in [0.717, 1.165) is 99.9 Å². The van der Waals surface area contributed by atoms with Crippen molar-refractivity contribution >= 4 is 32.4 Å². The number of pyridine rings is 1. The lowest BCUT2D eigenvalue weighted by Gasteiger charge is -2.16. The summed E-state index contributed by atoms with van der Waals surface area (Å²) in [4.78, 5) is 26.2. The highest BCUT2D eigenvalue weighted by Crippen LogP contribution is 2.41. The average molecular weight is 766 g/mol. The average Bonchev–Trinajstić information content (AvgIpc) is 3.34.